The molecule has 3 aromatic rings. The van der Waals surface area contributed by atoms with Crippen LogP contribution in [0.2, 0.25) is 0 Å². The van der Waals surface area contributed by atoms with Gasteiger partial charge in [0.1, 0.15) is 17.3 Å². The van der Waals surface area contributed by atoms with Crippen molar-refractivity contribution in [2.45, 2.75) is 0 Å². The fourth-order valence-electron chi connectivity index (χ4n) is 2.30. The van der Waals surface area contributed by atoms with Gasteiger partial charge in [0.25, 0.3) is 0 Å². The van der Waals surface area contributed by atoms with Crippen molar-refractivity contribution in [1.82, 2.24) is 9.55 Å². The number of nitriles is 1. The van der Waals surface area contributed by atoms with Gasteiger partial charge in [-0.25, -0.2) is 0 Å². The van der Waals surface area contributed by atoms with E-state index in [1.165, 1.54) is 0 Å². The summed E-state index contributed by atoms with van der Waals surface area (Å²) in [6.07, 6.45) is 0. The molecule has 0 saturated carbocycles. The number of imidazole rings is 1. The Balaban J connectivity index is 2.42. The van der Waals surface area contributed by atoms with Gasteiger partial charge < -0.3 is 9.72 Å². The van der Waals surface area contributed by atoms with Crippen LogP contribution >= 0.6 is 28.1 Å². The predicted molar refractivity (Wildman–Crippen MR) is 87.4 cm³/mol. The van der Waals surface area contributed by atoms with Crippen LogP contribution in [0.1, 0.15) is 5.56 Å². The number of aromatic amines is 1. The van der Waals surface area contributed by atoms with Gasteiger partial charge in [-0.05, 0) is 42.5 Å². The minimum atomic E-state index is 0.518. The number of nitrogens with zero attached hydrogens (tertiary/aromatic N) is 2. The zero-order chi connectivity index (χ0) is 15.0. The number of nitrogens with one attached hydrogen (secondary N) is 1. The Hall–Kier alpha value is -2.10. The molecule has 0 spiro atoms. The lowest BCUT2D eigenvalue weighted by molar-refractivity contribution is 0.419. The highest BCUT2D eigenvalue weighted by Crippen LogP contribution is 2.29. The van der Waals surface area contributed by atoms with E-state index in [1.807, 2.05) is 34.9 Å². The first kappa shape index (κ1) is 13.9. The van der Waals surface area contributed by atoms with Crippen molar-refractivity contribution < 1.29 is 4.74 Å². The van der Waals surface area contributed by atoms with E-state index in [0.29, 0.717) is 16.1 Å². The molecule has 0 fully saturated rings. The normalized spacial score (nSPS) is 10.5. The molecule has 0 aliphatic carbocycles. The van der Waals surface area contributed by atoms with E-state index in [-0.39, 0.29) is 0 Å². The Bertz CT molecular complexity index is 936. The molecule has 1 heterocycles. The summed E-state index contributed by atoms with van der Waals surface area (Å²) in [6, 6.07) is 13.4. The van der Waals surface area contributed by atoms with Crippen LogP contribution in [0.4, 0.5) is 0 Å². The molecule has 0 aliphatic heterocycles. The quantitative estimate of drug-likeness (QED) is 0.692. The van der Waals surface area contributed by atoms with Crippen LogP contribution in [-0.2, 0) is 0 Å². The van der Waals surface area contributed by atoms with Crippen LogP contribution in [0.25, 0.3) is 16.7 Å². The Morgan fingerprint density at radius 2 is 2.14 bits per heavy atom. The maximum absolute atomic E-state index is 9.32. The van der Waals surface area contributed by atoms with Gasteiger partial charge in [-0.15, -0.1) is 0 Å². The number of H-pyrrole nitrogens is 1. The Kier molecular flexibility index (Phi) is 3.53. The molecule has 3 rings (SSSR count). The van der Waals surface area contributed by atoms with E-state index in [1.54, 1.807) is 13.2 Å². The van der Waals surface area contributed by atoms with Crippen molar-refractivity contribution in [2.24, 2.45) is 0 Å². The zero-order valence-corrected chi connectivity index (χ0v) is 13.5. The number of hydrogen-bond acceptors (Lipinski definition) is 3. The van der Waals surface area contributed by atoms with E-state index in [2.05, 4.69) is 27.0 Å². The standard InChI is InChI=1S/C15H10BrN3OS/c1-20-13-4-2-3-11-14(13)18-15(21)19(11)12-7-10(16)6-5-9(12)8-17/h2-7H,1H3,(H,18,21). The van der Waals surface area contributed by atoms with E-state index < -0.39 is 0 Å². The monoisotopic (exact) mass is 359 g/mol. The van der Waals surface area contributed by atoms with Crippen molar-refractivity contribution >= 4 is 39.2 Å². The van der Waals surface area contributed by atoms with Crippen LogP contribution in [0, 0.1) is 16.1 Å². The number of benzene rings is 2. The molecule has 0 radical (unpaired) electrons. The fraction of sp³-hybridized carbons (Fsp3) is 0.0667. The third-order valence-electron chi connectivity index (χ3n) is 3.22. The summed E-state index contributed by atoms with van der Waals surface area (Å²) in [5.74, 6) is 0.714. The number of ether oxygens (including phenoxy) is 1. The van der Waals surface area contributed by atoms with Gasteiger partial charge in [-0.2, -0.15) is 5.26 Å². The van der Waals surface area contributed by atoms with Crippen LogP contribution in [0.3, 0.4) is 0 Å². The minimum absolute atomic E-state index is 0.518. The summed E-state index contributed by atoms with van der Waals surface area (Å²) in [7, 11) is 1.61. The maximum atomic E-state index is 9.32. The molecule has 0 amide bonds. The van der Waals surface area contributed by atoms with Gasteiger partial charge in [0.2, 0.25) is 0 Å². The number of methoxy groups -OCH3 is 1. The molecule has 0 bridgehead atoms. The van der Waals surface area contributed by atoms with Gasteiger partial charge in [-0.3, -0.25) is 4.57 Å². The van der Waals surface area contributed by atoms with Crippen LogP contribution < -0.4 is 4.74 Å². The van der Waals surface area contributed by atoms with E-state index in [0.717, 1.165) is 21.2 Å². The number of para-hydroxylation sites is 1. The van der Waals surface area contributed by atoms with Crippen molar-refractivity contribution in [3.05, 3.63) is 51.2 Å². The van der Waals surface area contributed by atoms with Gasteiger partial charge in [-0.1, -0.05) is 22.0 Å². The van der Waals surface area contributed by atoms with Crippen molar-refractivity contribution in [3.8, 4) is 17.5 Å². The van der Waals surface area contributed by atoms with Gasteiger partial charge in [0.05, 0.1) is 23.9 Å². The fourth-order valence-corrected chi connectivity index (χ4v) is 2.95. The molecule has 0 unspecified atom stereocenters. The van der Waals surface area contributed by atoms with Crippen LogP contribution in [0.15, 0.2) is 40.9 Å². The first-order chi connectivity index (χ1) is 10.2. The number of fused-ring (bicyclic) bond motifs is 1. The lowest BCUT2D eigenvalue weighted by Gasteiger charge is -2.08. The van der Waals surface area contributed by atoms with E-state index in [4.69, 9.17) is 17.0 Å². The van der Waals surface area contributed by atoms with Gasteiger partial charge >= 0.3 is 0 Å². The summed E-state index contributed by atoms with van der Waals surface area (Å²) in [5.41, 5.74) is 2.97. The molecular formula is C15H10BrN3OS. The highest BCUT2D eigenvalue weighted by atomic mass is 79.9. The summed E-state index contributed by atoms with van der Waals surface area (Å²) < 4.78 is 8.59. The lowest BCUT2D eigenvalue weighted by Crippen LogP contribution is -1.97. The third kappa shape index (κ3) is 2.24. The Labute approximate surface area is 134 Å². The second-order valence-electron chi connectivity index (χ2n) is 4.39. The topological polar surface area (TPSA) is 53.7 Å². The molecule has 6 heteroatoms. The second-order valence-corrected chi connectivity index (χ2v) is 5.70. The minimum Gasteiger partial charge on any atom is -0.494 e. The molecule has 21 heavy (non-hydrogen) atoms. The maximum Gasteiger partial charge on any atom is 0.182 e. The summed E-state index contributed by atoms with van der Waals surface area (Å²) in [4.78, 5) is 3.14. The average molecular weight is 360 g/mol. The van der Waals surface area contributed by atoms with Crippen molar-refractivity contribution in [3.63, 3.8) is 0 Å². The first-order valence-electron chi connectivity index (χ1n) is 6.13. The number of rotatable bonds is 2. The molecule has 4 nitrogen and oxygen atoms in total. The van der Waals surface area contributed by atoms with Crippen LogP contribution in [0.5, 0.6) is 5.75 Å². The smallest absolute Gasteiger partial charge is 0.182 e. The highest BCUT2D eigenvalue weighted by molar-refractivity contribution is 9.10. The van der Waals surface area contributed by atoms with Crippen molar-refractivity contribution in [1.29, 1.82) is 5.26 Å². The summed E-state index contributed by atoms with van der Waals surface area (Å²) in [6.45, 7) is 0. The number of aromatic nitrogens is 2. The molecular weight excluding hydrogens is 350 g/mol. The summed E-state index contributed by atoms with van der Waals surface area (Å²) in [5, 5.41) is 9.32. The Morgan fingerprint density at radius 3 is 2.86 bits per heavy atom. The SMILES string of the molecule is COc1cccc2c1[nH]c(=S)n2-c1cc(Br)ccc1C#N. The lowest BCUT2D eigenvalue weighted by atomic mass is 10.2. The Morgan fingerprint density at radius 1 is 1.33 bits per heavy atom. The zero-order valence-electron chi connectivity index (χ0n) is 11.1. The van der Waals surface area contributed by atoms with Crippen LogP contribution in [-0.4, -0.2) is 16.7 Å². The number of hydrogen-bond donors (Lipinski definition) is 1. The highest BCUT2D eigenvalue weighted by Gasteiger charge is 2.13. The largest absolute Gasteiger partial charge is 0.494 e. The molecule has 1 N–H and O–H groups in total. The molecule has 104 valence electrons. The van der Waals surface area contributed by atoms with Gasteiger partial charge in [0, 0.05) is 4.47 Å². The first-order valence-corrected chi connectivity index (χ1v) is 7.33. The molecule has 0 atom stereocenters. The number of halogens is 1. The van der Waals surface area contributed by atoms with E-state index in [9.17, 15) is 5.26 Å². The summed E-state index contributed by atoms with van der Waals surface area (Å²) >= 11 is 8.86. The van der Waals surface area contributed by atoms with E-state index >= 15 is 0 Å². The van der Waals surface area contributed by atoms with Gasteiger partial charge in [0.15, 0.2) is 4.77 Å². The molecule has 0 aliphatic rings. The molecule has 2 aromatic carbocycles. The van der Waals surface area contributed by atoms with Crippen molar-refractivity contribution in [2.75, 3.05) is 7.11 Å². The predicted octanol–water partition coefficient (Wildman–Crippen LogP) is 4.33. The second kappa shape index (κ2) is 5.35. The molecule has 1 aromatic heterocycles. The molecule has 0 saturated heterocycles. The average Bonchev–Trinajstić information content (AvgIpc) is 2.82. The third-order valence-corrected chi connectivity index (χ3v) is 4.00.